The van der Waals surface area contributed by atoms with E-state index in [1.807, 2.05) is 7.05 Å². The lowest BCUT2D eigenvalue weighted by Crippen LogP contribution is -2.22. The molecule has 0 saturated carbocycles. The first kappa shape index (κ1) is 13.7. The van der Waals surface area contributed by atoms with Crippen molar-refractivity contribution in [2.24, 2.45) is 17.6 Å². The van der Waals surface area contributed by atoms with Gasteiger partial charge >= 0.3 is 0 Å². The Hall–Kier alpha value is -0.340. The van der Waals surface area contributed by atoms with Crippen LogP contribution in [-0.4, -0.2) is 20.1 Å². The van der Waals surface area contributed by atoms with Gasteiger partial charge in [-0.05, 0) is 51.7 Å². The minimum Gasteiger partial charge on any atom is -0.330 e. The summed E-state index contributed by atoms with van der Waals surface area (Å²) >= 11 is 0. The van der Waals surface area contributed by atoms with Gasteiger partial charge in [-0.2, -0.15) is 0 Å². The molecule has 0 spiro atoms. The smallest absolute Gasteiger partial charge is 0.00491 e. The van der Waals surface area contributed by atoms with E-state index in [9.17, 15) is 0 Å². The van der Waals surface area contributed by atoms with Gasteiger partial charge in [-0.25, -0.2) is 0 Å². The monoisotopic (exact) mass is 198 g/mol. The van der Waals surface area contributed by atoms with Crippen molar-refractivity contribution in [2.75, 3.05) is 20.1 Å². The minimum atomic E-state index is 0.610. The summed E-state index contributed by atoms with van der Waals surface area (Å²) in [6, 6.07) is 0. The fraction of sp³-hybridized carbons (Fsp3) is 0.833. The summed E-state index contributed by atoms with van der Waals surface area (Å²) in [4.78, 5) is 0. The zero-order valence-electron chi connectivity index (χ0n) is 9.97. The molecular weight excluding hydrogens is 172 g/mol. The molecule has 0 saturated heterocycles. The van der Waals surface area contributed by atoms with Crippen molar-refractivity contribution >= 4 is 0 Å². The number of hydrogen-bond acceptors (Lipinski definition) is 2. The van der Waals surface area contributed by atoms with Gasteiger partial charge in [0, 0.05) is 0 Å². The van der Waals surface area contributed by atoms with Crippen LogP contribution in [0.25, 0.3) is 0 Å². The molecule has 0 radical (unpaired) electrons. The summed E-state index contributed by atoms with van der Waals surface area (Å²) in [5.41, 5.74) is 6.92. The molecule has 0 amide bonds. The summed E-state index contributed by atoms with van der Waals surface area (Å²) in [7, 11) is 2.01. The van der Waals surface area contributed by atoms with E-state index in [0.29, 0.717) is 5.92 Å². The van der Waals surface area contributed by atoms with Crippen LogP contribution >= 0.6 is 0 Å². The highest BCUT2D eigenvalue weighted by Crippen LogP contribution is 2.27. The molecule has 0 rings (SSSR count). The van der Waals surface area contributed by atoms with Crippen LogP contribution < -0.4 is 11.1 Å². The predicted octanol–water partition coefficient (Wildman–Crippen LogP) is 2.16. The molecule has 0 heterocycles. The van der Waals surface area contributed by atoms with E-state index in [2.05, 4.69) is 25.7 Å². The predicted molar refractivity (Wildman–Crippen MR) is 64.3 cm³/mol. The highest BCUT2D eigenvalue weighted by Gasteiger charge is 2.19. The zero-order chi connectivity index (χ0) is 11.0. The molecule has 14 heavy (non-hydrogen) atoms. The first-order valence-electron chi connectivity index (χ1n) is 5.67. The van der Waals surface area contributed by atoms with E-state index in [0.717, 1.165) is 25.4 Å². The minimum absolute atomic E-state index is 0.610. The van der Waals surface area contributed by atoms with Crippen molar-refractivity contribution in [1.82, 2.24) is 5.32 Å². The molecule has 2 heteroatoms. The van der Waals surface area contributed by atoms with Gasteiger partial charge in [0.15, 0.2) is 0 Å². The summed E-state index contributed by atoms with van der Waals surface area (Å²) in [5.74, 6) is 1.35. The first-order valence-corrected chi connectivity index (χ1v) is 5.67. The maximum Gasteiger partial charge on any atom is -0.00491 e. The van der Waals surface area contributed by atoms with E-state index in [1.54, 1.807) is 0 Å². The molecular formula is C12H26N2. The molecule has 0 aromatic rings. The largest absolute Gasteiger partial charge is 0.330 e. The fourth-order valence-corrected chi connectivity index (χ4v) is 2.08. The lowest BCUT2D eigenvalue weighted by molar-refractivity contribution is 0.328. The van der Waals surface area contributed by atoms with Gasteiger partial charge in [0.1, 0.15) is 0 Å². The third-order valence-electron chi connectivity index (χ3n) is 2.97. The highest BCUT2D eigenvalue weighted by atomic mass is 14.8. The van der Waals surface area contributed by atoms with Crippen LogP contribution in [0.2, 0.25) is 0 Å². The second kappa shape index (κ2) is 8.01. The average Bonchev–Trinajstić information content (AvgIpc) is 2.17. The standard InChI is InChI=1S/C12H26N2/c1-5-11(7-9-14-4)12(6-8-13)10(2)3/h11-12,14H,2,5-9,13H2,1,3-4H3. The SMILES string of the molecule is C=C(C)C(CCN)C(CC)CCNC. The molecule has 84 valence electrons. The van der Waals surface area contributed by atoms with Gasteiger partial charge in [-0.15, -0.1) is 0 Å². The van der Waals surface area contributed by atoms with E-state index in [4.69, 9.17) is 5.73 Å². The molecule has 0 aromatic carbocycles. The Morgan fingerprint density at radius 1 is 1.43 bits per heavy atom. The summed E-state index contributed by atoms with van der Waals surface area (Å²) in [6.07, 6.45) is 3.53. The van der Waals surface area contributed by atoms with Crippen molar-refractivity contribution in [2.45, 2.75) is 33.1 Å². The number of rotatable bonds is 8. The molecule has 2 atom stereocenters. The number of nitrogens with two attached hydrogens (primary N) is 1. The topological polar surface area (TPSA) is 38.0 Å². The summed E-state index contributed by atoms with van der Waals surface area (Å²) in [5, 5.41) is 3.21. The maximum atomic E-state index is 5.63. The molecule has 0 aromatic heterocycles. The molecule has 0 bridgehead atoms. The van der Waals surface area contributed by atoms with Crippen LogP contribution in [0.3, 0.4) is 0 Å². The molecule has 3 N–H and O–H groups in total. The van der Waals surface area contributed by atoms with Crippen molar-refractivity contribution in [3.05, 3.63) is 12.2 Å². The van der Waals surface area contributed by atoms with Crippen LogP contribution in [-0.2, 0) is 0 Å². The van der Waals surface area contributed by atoms with Crippen LogP contribution in [0.1, 0.15) is 33.1 Å². The normalized spacial score (nSPS) is 15.1. The molecule has 2 nitrogen and oxygen atoms in total. The first-order chi connectivity index (χ1) is 6.67. The van der Waals surface area contributed by atoms with Gasteiger partial charge < -0.3 is 11.1 Å². The molecule has 0 fully saturated rings. The molecule has 0 aliphatic rings. The quantitative estimate of drug-likeness (QED) is 0.587. The molecule has 0 aliphatic carbocycles. The number of allylic oxidation sites excluding steroid dienone is 1. The highest BCUT2D eigenvalue weighted by molar-refractivity contribution is 4.99. The van der Waals surface area contributed by atoms with Gasteiger partial charge in [0.05, 0.1) is 0 Å². The third kappa shape index (κ3) is 4.77. The van der Waals surface area contributed by atoms with E-state index < -0.39 is 0 Å². The fourth-order valence-electron chi connectivity index (χ4n) is 2.08. The summed E-state index contributed by atoms with van der Waals surface area (Å²) < 4.78 is 0. The Kier molecular flexibility index (Phi) is 7.81. The Morgan fingerprint density at radius 2 is 2.07 bits per heavy atom. The summed E-state index contributed by atoms with van der Waals surface area (Å²) in [6.45, 7) is 10.3. The van der Waals surface area contributed by atoms with Gasteiger partial charge in [-0.1, -0.05) is 25.5 Å². The van der Waals surface area contributed by atoms with Crippen LogP contribution in [0, 0.1) is 11.8 Å². The number of hydrogen-bond donors (Lipinski definition) is 2. The van der Waals surface area contributed by atoms with E-state index >= 15 is 0 Å². The maximum absolute atomic E-state index is 5.63. The van der Waals surface area contributed by atoms with Gasteiger partial charge in [-0.3, -0.25) is 0 Å². The average molecular weight is 198 g/mol. The van der Waals surface area contributed by atoms with Crippen LogP contribution in [0.5, 0.6) is 0 Å². The lowest BCUT2D eigenvalue weighted by atomic mass is 9.81. The lowest BCUT2D eigenvalue weighted by Gasteiger charge is -2.26. The van der Waals surface area contributed by atoms with E-state index in [-0.39, 0.29) is 0 Å². The van der Waals surface area contributed by atoms with Crippen LogP contribution in [0.15, 0.2) is 12.2 Å². The van der Waals surface area contributed by atoms with Crippen molar-refractivity contribution < 1.29 is 0 Å². The Labute approximate surface area is 89.0 Å². The Balaban J connectivity index is 4.18. The molecule has 2 unspecified atom stereocenters. The van der Waals surface area contributed by atoms with Crippen molar-refractivity contribution in [3.8, 4) is 0 Å². The molecule has 0 aliphatic heterocycles. The Bertz CT molecular complexity index is 154. The van der Waals surface area contributed by atoms with Crippen molar-refractivity contribution in [1.29, 1.82) is 0 Å². The zero-order valence-corrected chi connectivity index (χ0v) is 9.97. The second-order valence-electron chi connectivity index (χ2n) is 4.09. The van der Waals surface area contributed by atoms with Crippen LogP contribution in [0.4, 0.5) is 0 Å². The number of nitrogens with one attached hydrogen (secondary N) is 1. The van der Waals surface area contributed by atoms with Crippen molar-refractivity contribution in [3.63, 3.8) is 0 Å². The van der Waals surface area contributed by atoms with E-state index in [1.165, 1.54) is 18.4 Å². The Morgan fingerprint density at radius 3 is 2.43 bits per heavy atom. The van der Waals surface area contributed by atoms with Gasteiger partial charge in [0.2, 0.25) is 0 Å². The van der Waals surface area contributed by atoms with Gasteiger partial charge in [0.25, 0.3) is 0 Å². The third-order valence-corrected chi connectivity index (χ3v) is 2.97. The second-order valence-corrected chi connectivity index (χ2v) is 4.09.